The van der Waals surface area contributed by atoms with E-state index in [0.29, 0.717) is 89.4 Å². The summed E-state index contributed by atoms with van der Waals surface area (Å²) in [6.07, 6.45) is 4.13. The minimum absolute atomic E-state index is 0.0967. The molecule has 4 heterocycles. The van der Waals surface area contributed by atoms with Gasteiger partial charge in [0.15, 0.2) is 0 Å². The number of aryl methyl sites for hydroxylation is 2. The zero-order chi connectivity index (χ0) is 41.9. The monoisotopic (exact) mass is 829 g/mol. The zero-order valence-corrected chi connectivity index (χ0v) is 33.8. The van der Waals surface area contributed by atoms with Gasteiger partial charge in [-0.25, -0.2) is 4.79 Å². The fourth-order valence-electron chi connectivity index (χ4n) is 7.43. The molecule has 58 heavy (non-hydrogen) atoms. The molecule has 2 saturated heterocycles. The summed E-state index contributed by atoms with van der Waals surface area (Å²) in [5.41, 5.74) is 2.18. The SMILES string of the molecule is Cc1cn(C2CC(O)C(CO)S2)c(=O)n(CCCCn2cc(-c3ccc(C(C)N4CCN(CC(=O)O)CCN(CC(=O)O)CCN(CC(=O)O)CC4)cc3)nn2)c1=O. The number of aliphatic carboxylic acids is 3. The summed E-state index contributed by atoms with van der Waals surface area (Å²) in [6.45, 7) is 6.91. The number of hydrogen-bond donors (Lipinski definition) is 5. The quantitative estimate of drug-likeness (QED) is 0.119. The molecule has 2 fully saturated rings. The van der Waals surface area contributed by atoms with Crippen molar-refractivity contribution >= 4 is 29.7 Å². The van der Waals surface area contributed by atoms with Crippen LogP contribution in [0, 0.1) is 6.92 Å². The lowest BCUT2D eigenvalue weighted by Gasteiger charge is -2.35. The van der Waals surface area contributed by atoms with Crippen molar-refractivity contribution in [2.45, 2.75) is 69.0 Å². The van der Waals surface area contributed by atoms with E-state index in [1.807, 2.05) is 30.5 Å². The molecule has 2 aliphatic rings. The topological polar surface area (TPSA) is 240 Å². The molecule has 0 bridgehead atoms. The number of benzene rings is 1. The van der Waals surface area contributed by atoms with Crippen LogP contribution in [0.1, 0.15) is 48.7 Å². The van der Waals surface area contributed by atoms with E-state index in [-0.39, 0.29) is 55.0 Å². The lowest BCUT2D eigenvalue weighted by Crippen LogP contribution is -2.48. The maximum absolute atomic E-state index is 13.3. The van der Waals surface area contributed by atoms with Crippen molar-refractivity contribution in [1.29, 1.82) is 0 Å². The Labute approximate surface area is 340 Å². The molecule has 5 N–H and O–H groups in total. The summed E-state index contributed by atoms with van der Waals surface area (Å²) in [5.74, 6) is -2.94. The number of aliphatic hydroxyl groups is 2. The molecule has 0 aliphatic carbocycles. The van der Waals surface area contributed by atoms with Gasteiger partial charge in [0.1, 0.15) is 5.69 Å². The van der Waals surface area contributed by atoms with Crippen molar-refractivity contribution in [2.75, 3.05) is 78.6 Å². The highest BCUT2D eigenvalue weighted by Gasteiger charge is 2.35. The molecule has 2 aliphatic heterocycles. The van der Waals surface area contributed by atoms with Gasteiger partial charge < -0.3 is 25.5 Å². The van der Waals surface area contributed by atoms with E-state index in [1.165, 1.54) is 27.1 Å². The van der Waals surface area contributed by atoms with Crippen LogP contribution in [0.4, 0.5) is 0 Å². The average molecular weight is 830 g/mol. The smallest absolute Gasteiger partial charge is 0.331 e. The number of thioether (sulfide) groups is 1. The van der Waals surface area contributed by atoms with Crippen LogP contribution < -0.4 is 11.2 Å². The number of rotatable bonds is 16. The van der Waals surface area contributed by atoms with Crippen LogP contribution in [-0.4, -0.2) is 177 Å². The number of carbonyl (C=O) groups is 3. The minimum Gasteiger partial charge on any atom is -0.480 e. The number of carboxylic acid groups (broad SMARTS) is 3. The third kappa shape index (κ3) is 12.3. The van der Waals surface area contributed by atoms with Crippen LogP contribution in [0.15, 0.2) is 46.2 Å². The molecule has 0 saturated carbocycles. The number of nitrogens with zero attached hydrogens (tertiary/aromatic N) is 9. The van der Waals surface area contributed by atoms with Gasteiger partial charge in [0.2, 0.25) is 0 Å². The fraction of sp³-hybridized carbons (Fsp3) is 0.605. The van der Waals surface area contributed by atoms with E-state index >= 15 is 0 Å². The van der Waals surface area contributed by atoms with Gasteiger partial charge in [-0.3, -0.25) is 52.6 Å². The Morgan fingerprint density at radius 3 is 1.86 bits per heavy atom. The predicted molar refractivity (Wildman–Crippen MR) is 215 cm³/mol. The Bertz CT molecular complexity index is 1940. The van der Waals surface area contributed by atoms with Gasteiger partial charge in [0.05, 0.1) is 49.2 Å². The first kappa shape index (κ1) is 44.7. The van der Waals surface area contributed by atoms with E-state index in [1.54, 1.807) is 26.3 Å². The van der Waals surface area contributed by atoms with Gasteiger partial charge in [-0.1, -0.05) is 29.5 Å². The molecule has 3 aromatic rings. The Balaban J connectivity index is 1.20. The first-order valence-corrected chi connectivity index (χ1v) is 20.5. The van der Waals surface area contributed by atoms with E-state index in [4.69, 9.17) is 0 Å². The normalized spacial score (nSPS) is 21.3. The lowest BCUT2D eigenvalue weighted by atomic mass is 10.0. The van der Waals surface area contributed by atoms with Crippen molar-refractivity contribution in [3.05, 3.63) is 68.6 Å². The highest BCUT2D eigenvalue weighted by atomic mass is 32.2. The van der Waals surface area contributed by atoms with Crippen LogP contribution in [0.3, 0.4) is 0 Å². The summed E-state index contributed by atoms with van der Waals surface area (Å²) in [6, 6.07) is 7.83. The maximum Gasteiger partial charge on any atom is 0.331 e. The Morgan fingerprint density at radius 1 is 0.810 bits per heavy atom. The van der Waals surface area contributed by atoms with Crippen molar-refractivity contribution < 1.29 is 39.9 Å². The van der Waals surface area contributed by atoms with Gasteiger partial charge in [-0.15, -0.1) is 16.9 Å². The molecular weight excluding hydrogens is 775 g/mol. The number of unbranched alkanes of at least 4 members (excludes halogenated alkanes) is 1. The molecule has 20 heteroatoms. The lowest BCUT2D eigenvalue weighted by molar-refractivity contribution is -0.140. The Kier molecular flexibility index (Phi) is 16.2. The maximum atomic E-state index is 13.3. The highest BCUT2D eigenvalue weighted by molar-refractivity contribution is 8.00. The second-order valence-corrected chi connectivity index (χ2v) is 16.4. The van der Waals surface area contributed by atoms with Crippen molar-refractivity contribution in [2.24, 2.45) is 0 Å². The number of hydrogen-bond acceptors (Lipinski definition) is 14. The molecule has 318 valence electrons. The van der Waals surface area contributed by atoms with Crippen LogP contribution in [0.25, 0.3) is 11.3 Å². The predicted octanol–water partition coefficient (Wildman–Crippen LogP) is -0.0490. The van der Waals surface area contributed by atoms with Gasteiger partial charge >= 0.3 is 23.6 Å². The number of carboxylic acids is 3. The van der Waals surface area contributed by atoms with Crippen molar-refractivity contribution in [1.82, 2.24) is 43.7 Å². The van der Waals surface area contributed by atoms with Gasteiger partial charge in [0, 0.05) is 95.2 Å². The largest absolute Gasteiger partial charge is 0.480 e. The van der Waals surface area contributed by atoms with Gasteiger partial charge in [-0.05, 0) is 32.3 Å². The van der Waals surface area contributed by atoms with Crippen LogP contribution in [0.2, 0.25) is 0 Å². The Hall–Kier alpha value is -4.44. The summed E-state index contributed by atoms with van der Waals surface area (Å²) < 4.78 is 4.44. The molecule has 19 nitrogen and oxygen atoms in total. The average Bonchev–Trinajstić information content (AvgIpc) is 3.81. The highest BCUT2D eigenvalue weighted by Crippen LogP contribution is 2.40. The van der Waals surface area contributed by atoms with Crippen LogP contribution in [0.5, 0.6) is 0 Å². The van der Waals surface area contributed by atoms with Gasteiger partial charge in [0.25, 0.3) is 5.56 Å². The fourth-order valence-corrected chi connectivity index (χ4v) is 8.80. The zero-order valence-electron chi connectivity index (χ0n) is 33.0. The van der Waals surface area contributed by atoms with Crippen molar-refractivity contribution in [3.63, 3.8) is 0 Å². The molecule has 0 radical (unpaired) electrons. The first-order valence-electron chi connectivity index (χ1n) is 19.6. The van der Waals surface area contributed by atoms with Crippen LogP contribution >= 0.6 is 11.8 Å². The molecule has 0 amide bonds. The Morgan fingerprint density at radius 2 is 1.34 bits per heavy atom. The third-order valence-corrected chi connectivity index (χ3v) is 12.4. The number of aliphatic hydroxyl groups excluding tert-OH is 2. The molecule has 4 atom stereocenters. The standard InChI is InChI=1S/C38H55N9O10S/c1-26-20-47(33-19-31(49)32(25-48)58-33)38(57)46(37(26)56)10-4-3-9-45-21-30(39-40-45)29-7-5-28(6-8-29)27(2)44-17-15-42(23-35(52)53)13-11-41(22-34(50)51)12-14-43(16-18-44)24-36(54)55/h5-8,20-21,27,31-33,48-49H,3-4,9-19,22-25H2,1-2H3,(H,50,51)(H,52,53)(H,54,55). The summed E-state index contributed by atoms with van der Waals surface area (Å²) in [7, 11) is 0. The molecule has 0 spiro atoms. The molecule has 2 aromatic heterocycles. The van der Waals surface area contributed by atoms with Crippen molar-refractivity contribution in [3.8, 4) is 11.3 Å². The number of aromatic nitrogens is 5. The molecular formula is C38H55N9O10S. The van der Waals surface area contributed by atoms with Gasteiger partial charge in [-0.2, -0.15) is 0 Å². The summed E-state index contributed by atoms with van der Waals surface area (Å²) in [4.78, 5) is 68.6. The second-order valence-electron chi connectivity index (χ2n) is 15.0. The third-order valence-electron chi connectivity index (χ3n) is 10.8. The van der Waals surface area contributed by atoms with Crippen LogP contribution in [-0.2, 0) is 27.5 Å². The molecule has 5 rings (SSSR count). The summed E-state index contributed by atoms with van der Waals surface area (Å²) >= 11 is 1.33. The summed E-state index contributed by atoms with van der Waals surface area (Å²) in [5, 5.41) is 56.2. The minimum atomic E-state index is -1.00. The second kappa shape index (κ2) is 21.0. The van der Waals surface area contributed by atoms with E-state index in [2.05, 4.69) is 22.1 Å². The molecule has 1 aromatic carbocycles. The molecule has 4 unspecified atom stereocenters. The first-order chi connectivity index (χ1) is 27.7. The van der Waals surface area contributed by atoms with E-state index < -0.39 is 29.7 Å². The van der Waals surface area contributed by atoms with E-state index in [9.17, 15) is 49.5 Å². The van der Waals surface area contributed by atoms with E-state index in [0.717, 1.165) is 11.1 Å².